The number of rotatable bonds is 9. The summed E-state index contributed by atoms with van der Waals surface area (Å²) >= 11 is 0. The molecular weight excluding hydrogens is 222 g/mol. The lowest BCUT2D eigenvalue weighted by atomic mass is 10.2. The van der Waals surface area contributed by atoms with Crippen LogP contribution in [0.5, 0.6) is 0 Å². The molecule has 0 aromatic heterocycles. The van der Waals surface area contributed by atoms with Crippen molar-refractivity contribution < 1.29 is 4.79 Å². The Labute approximate surface area is 113 Å². The van der Waals surface area contributed by atoms with Crippen molar-refractivity contribution in [1.82, 2.24) is 4.90 Å². The molecule has 0 N–H and O–H groups in total. The number of amides is 1. The van der Waals surface area contributed by atoms with Crippen LogP contribution in [0.3, 0.4) is 0 Å². The van der Waals surface area contributed by atoms with Gasteiger partial charge in [-0.15, -0.1) is 0 Å². The molecule has 104 valence electrons. The van der Waals surface area contributed by atoms with E-state index in [1.807, 2.05) is 4.90 Å². The summed E-state index contributed by atoms with van der Waals surface area (Å²) in [5, 5.41) is 0. The van der Waals surface area contributed by atoms with Crippen molar-refractivity contribution in [2.24, 2.45) is 0 Å². The van der Waals surface area contributed by atoms with Crippen molar-refractivity contribution in [2.45, 2.75) is 59.8 Å². The van der Waals surface area contributed by atoms with Crippen molar-refractivity contribution in [3.05, 3.63) is 23.8 Å². The maximum Gasteiger partial charge on any atom is 0.219 e. The van der Waals surface area contributed by atoms with Crippen LogP contribution >= 0.6 is 0 Å². The summed E-state index contributed by atoms with van der Waals surface area (Å²) < 4.78 is 0. The Balaban J connectivity index is 4.06. The lowest BCUT2D eigenvalue weighted by Crippen LogP contribution is -2.31. The molecule has 0 rings (SSSR count). The van der Waals surface area contributed by atoms with E-state index < -0.39 is 0 Å². The van der Waals surface area contributed by atoms with E-state index in [4.69, 9.17) is 0 Å². The van der Waals surface area contributed by atoms with E-state index in [0.29, 0.717) is 0 Å². The minimum atomic E-state index is 0.182. The Kier molecular flexibility index (Phi) is 10.4. The zero-order chi connectivity index (χ0) is 13.8. The molecule has 1 amide bonds. The molecule has 0 aromatic carbocycles. The predicted octanol–water partition coefficient (Wildman–Crippen LogP) is 4.33. The molecule has 0 aliphatic carbocycles. The average molecular weight is 251 g/mol. The number of unbranched alkanes of at least 4 members (excludes halogenated alkanes) is 2. The minimum Gasteiger partial charge on any atom is -0.339 e. The first-order valence-corrected chi connectivity index (χ1v) is 7.17. The zero-order valence-electron chi connectivity index (χ0n) is 12.5. The summed E-state index contributed by atoms with van der Waals surface area (Å²) in [5.41, 5.74) is 1.30. The molecular formula is C16H29NO. The first kappa shape index (κ1) is 16.9. The van der Waals surface area contributed by atoms with Gasteiger partial charge >= 0.3 is 0 Å². The molecule has 0 aliphatic heterocycles. The van der Waals surface area contributed by atoms with E-state index in [2.05, 4.69) is 39.0 Å². The molecule has 0 unspecified atom stereocenters. The summed E-state index contributed by atoms with van der Waals surface area (Å²) in [6.07, 6.45) is 12.2. The van der Waals surface area contributed by atoms with E-state index >= 15 is 0 Å². The summed E-state index contributed by atoms with van der Waals surface area (Å²) in [4.78, 5) is 13.4. The second-order valence-corrected chi connectivity index (χ2v) is 4.80. The number of hydrogen-bond donors (Lipinski definition) is 0. The molecule has 0 atom stereocenters. The topological polar surface area (TPSA) is 20.3 Å². The van der Waals surface area contributed by atoms with Crippen LogP contribution in [0.15, 0.2) is 23.8 Å². The normalized spacial score (nSPS) is 12.1. The van der Waals surface area contributed by atoms with Gasteiger partial charge in [0.25, 0.3) is 0 Å². The van der Waals surface area contributed by atoms with E-state index in [1.54, 1.807) is 6.92 Å². The van der Waals surface area contributed by atoms with Crippen LogP contribution < -0.4 is 0 Å². The molecule has 0 spiro atoms. The van der Waals surface area contributed by atoms with E-state index in [0.717, 1.165) is 45.2 Å². The second kappa shape index (κ2) is 11.1. The smallest absolute Gasteiger partial charge is 0.219 e. The number of allylic oxidation sites excluding steroid dienone is 3. The Morgan fingerprint density at radius 3 is 2.39 bits per heavy atom. The van der Waals surface area contributed by atoms with Gasteiger partial charge < -0.3 is 4.90 Å². The summed E-state index contributed by atoms with van der Waals surface area (Å²) in [6, 6.07) is 0. The Hall–Kier alpha value is -1.05. The van der Waals surface area contributed by atoms with Crippen molar-refractivity contribution in [3.63, 3.8) is 0 Å². The van der Waals surface area contributed by atoms with Crippen molar-refractivity contribution in [1.29, 1.82) is 0 Å². The largest absolute Gasteiger partial charge is 0.339 e. The molecule has 2 heteroatoms. The van der Waals surface area contributed by atoms with E-state index in [1.165, 1.54) is 5.57 Å². The highest BCUT2D eigenvalue weighted by atomic mass is 16.2. The standard InChI is InChI=1S/C16H29NO/c1-5-7-9-10-11-12-15(3)14-17(16(4)18)13-8-6-2/h7,9,12H,5-6,8,10-11,13-14H2,1-4H3/b9-7-,15-12+. The maximum absolute atomic E-state index is 11.5. The van der Waals surface area contributed by atoms with Gasteiger partial charge in [-0.2, -0.15) is 0 Å². The Bertz CT molecular complexity index is 279. The van der Waals surface area contributed by atoms with Gasteiger partial charge in [-0.25, -0.2) is 0 Å². The highest BCUT2D eigenvalue weighted by Gasteiger charge is 2.07. The van der Waals surface area contributed by atoms with Crippen LogP contribution in [0.1, 0.15) is 59.8 Å². The predicted molar refractivity (Wildman–Crippen MR) is 79.6 cm³/mol. The van der Waals surface area contributed by atoms with Crippen LogP contribution in [0.4, 0.5) is 0 Å². The highest BCUT2D eigenvalue weighted by molar-refractivity contribution is 5.73. The van der Waals surface area contributed by atoms with Crippen LogP contribution in [-0.4, -0.2) is 23.9 Å². The molecule has 0 aromatic rings. The van der Waals surface area contributed by atoms with Crippen LogP contribution in [-0.2, 0) is 4.79 Å². The fourth-order valence-corrected chi connectivity index (χ4v) is 1.77. The number of carbonyl (C=O) groups excluding carboxylic acids is 1. The quantitative estimate of drug-likeness (QED) is 0.441. The molecule has 0 radical (unpaired) electrons. The zero-order valence-corrected chi connectivity index (χ0v) is 12.5. The maximum atomic E-state index is 11.5. The molecule has 0 aliphatic rings. The first-order chi connectivity index (χ1) is 8.61. The van der Waals surface area contributed by atoms with Crippen molar-refractivity contribution >= 4 is 5.91 Å². The molecule has 18 heavy (non-hydrogen) atoms. The molecule has 2 nitrogen and oxygen atoms in total. The van der Waals surface area contributed by atoms with Crippen LogP contribution in [0, 0.1) is 0 Å². The fourth-order valence-electron chi connectivity index (χ4n) is 1.77. The van der Waals surface area contributed by atoms with Crippen LogP contribution in [0.2, 0.25) is 0 Å². The summed E-state index contributed by atoms with van der Waals surface area (Å²) in [7, 11) is 0. The number of nitrogens with zero attached hydrogens (tertiary/aromatic N) is 1. The Morgan fingerprint density at radius 2 is 1.83 bits per heavy atom. The molecule has 0 heterocycles. The van der Waals surface area contributed by atoms with Gasteiger partial charge in [0.15, 0.2) is 0 Å². The van der Waals surface area contributed by atoms with Gasteiger partial charge in [0.05, 0.1) is 0 Å². The van der Waals surface area contributed by atoms with Crippen LogP contribution in [0.25, 0.3) is 0 Å². The first-order valence-electron chi connectivity index (χ1n) is 7.17. The van der Waals surface area contributed by atoms with Crippen molar-refractivity contribution in [2.75, 3.05) is 13.1 Å². The molecule has 0 bridgehead atoms. The molecule has 0 saturated heterocycles. The van der Waals surface area contributed by atoms with E-state index in [-0.39, 0.29) is 5.91 Å². The van der Waals surface area contributed by atoms with Gasteiger partial charge in [0.1, 0.15) is 0 Å². The lowest BCUT2D eigenvalue weighted by molar-refractivity contribution is -0.128. The third-order valence-electron chi connectivity index (χ3n) is 2.90. The van der Waals surface area contributed by atoms with E-state index in [9.17, 15) is 4.79 Å². The third-order valence-corrected chi connectivity index (χ3v) is 2.90. The SMILES string of the molecule is CC/C=C\CC/C=C(\C)CN(CCCC)C(C)=O. The van der Waals surface area contributed by atoms with Gasteiger partial charge in [-0.1, -0.05) is 44.1 Å². The lowest BCUT2D eigenvalue weighted by Gasteiger charge is -2.21. The van der Waals surface area contributed by atoms with Gasteiger partial charge in [-0.05, 0) is 32.6 Å². The molecule has 0 saturated carbocycles. The monoisotopic (exact) mass is 251 g/mol. The summed E-state index contributed by atoms with van der Waals surface area (Å²) in [5.74, 6) is 0.182. The second-order valence-electron chi connectivity index (χ2n) is 4.80. The minimum absolute atomic E-state index is 0.182. The average Bonchev–Trinajstić information content (AvgIpc) is 2.33. The summed E-state index contributed by atoms with van der Waals surface area (Å²) in [6.45, 7) is 9.75. The van der Waals surface area contributed by atoms with Crippen molar-refractivity contribution in [3.8, 4) is 0 Å². The highest BCUT2D eigenvalue weighted by Crippen LogP contribution is 2.05. The van der Waals surface area contributed by atoms with Gasteiger partial charge in [-0.3, -0.25) is 4.79 Å². The fraction of sp³-hybridized carbons (Fsp3) is 0.688. The number of hydrogen-bond acceptors (Lipinski definition) is 1. The number of carbonyl (C=O) groups is 1. The third kappa shape index (κ3) is 9.03. The Morgan fingerprint density at radius 1 is 1.11 bits per heavy atom. The van der Waals surface area contributed by atoms with Gasteiger partial charge in [0, 0.05) is 20.0 Å². The van der Waals surface area contributed by atoms with Gasteiger partial charge in [0.2, 0.25) is 5.91 Å². The molecule has 0 fully saturated rings.